The Morgan fingerprint density at radius 1 is 1.62 bits per heavy atom. The van der Waals surface area contributed by atoms with Gasteiger partial charge in [-0.1, -0.05) is 0 Å². The molecule has 0 amide bonds. The molecule has 1 N–H and O–H groups in total. The van der Waals surface area contributed by atoms with Gasteiger partial charge in [0.05, 0.1) is 0 Å². The summed E-state index contributed by atoms with van der Waals surface area (Å²) < 4.78 is 12.0. The highest BCUT2D eigenvalue weighted by molar-refractivity contribution is 4.89. The van der Waals surface area contributed by atoms with Gasteiger partial charge >= 0.3 is 0 Å². The molecule has 0 atom stereocenters. The van der Waals surface area contributed by atoms with E-state index in [2.05, 4.69) is 15.1 Å². The molecule has 0 saturated heterocycles. The highest BCUT2D eigenvalue weighted by atomic mass is 19.1. The van der Waals surface area contributed by atoms with Gasteiger partial charge in [-0.25, -0.2) is 14.2 Å². The summed E-state index contributed by atoms with van der Waals surface area (Å²) in [7, 11) is 0. The van der Waals surface area contributed by atoms with Gasteiger partial charge < -0.3 is 5.32 Å². The average Bonchev–Trinajstić information content (AvgIpc) is 1.94. The van der Waals surface area contributed by atoms with Crippen molar-refractivity contribution < 1.29 is 14.2 Å². The van der Waals surface area contributed by atoms with Crippen molar-refractivity contribution in [1.29, 1.82) is 0 Å². The van der Waals surface area contributed by atoms with Crippen LogP contribution >= 0.6 is 0 Å². The first-order valence-corrected chi connectivity index (χ1v) is 2.22. The quantitative estimate of drug-likeness (QED) is 0.465. The van der Waals surface area contributed by atoms with Crippen LogP contribution in [-0.4, -0.2) is 13.3 Å². The fourth-order valence-corrected chi connectivity index (χ4v) is 0.368. The molecule has 0 aromatic carbocycles. The third-order valence-corrected chi connectivity index (χ3v) is 0.681. The molecule has 4 heteroatoms. The van der Waals surface area contributed by atoms with E-state index in [9.17, 15) is 4.39 Å². The molecule has 0 aromatic heterocycles. The minimum absolute atomic E-state index is 0.104. The smallest absolute Gasteiger partial charge is 0.151 e. The molecule has 8 heavy (non-hydrogen) atoms. The lowest BCUT2D eigenvalue weighted by Crippen LogP contribution is -2.07. The van der Waals surface area contributed by atoms with E-state index in [0.717, 1.165) is 0 Å². The first-order valence-electron chi connectivity index (χ1n) is 2.22. The number of nitrogens with one attached hydrogen (secondary N) is 1. The molecule has 0 unspecified atom stereocenters. The summed E-state index contributed by atoms with van der Waals surface area (Å²) in [6.45, 7) is 0.0976. The molecule has 3 nitrogen and oxygen atoms in total. The van der Waals surface area contributed by atoms with Crippen molar-refractivity contribution in [3.63, 3.8) is 0 Å². The summed E-state index contributed by atoms with van der Waals surface area (Å²) in [5, 5.41) is 2.51. The van der Waals surface area contributed by atoms with Gasteiger partial charge in [-0.15, -0.1) is 0 Å². The summed E-state index contributed by atoms with van der Waals surface area (Å²) in [6, 6.07) is 0. The number of hydrogen-bond donors (Lipinski definition) is 1. The van der Waals surface area contributed by atoms with Crippen molar-refractivity contribution in [1.82, 2.24) is 5.32 Å². The molecule has 46 valence electrons. The Bertz CT molecular complexity index is 104. The molecule has 0 bridgehead atoms. The van der Waals surface area contributed by atoms with Gasteiger partial charge in [0, 0.05) is 6.20 Å². The van der Waals surface area contributed by atoms with Gasteiger partial charge in [0.25, 0.3) is 0 Å². The topological polar surface area (TPSA) is 30.5 Å². The largest absolute Gasteiger partial charge is 0.364 e. The second-order valence-corrected chi connectivity index (χ2v) is 1.32. The first kappa shape index (κ1) is 5.53. The highest BCUT2D eigenvalue weighted by Gasteiger charge is 1.98. The van der Waals surface area contributed by atoms with Crippen molar-refractivity contribution >= 4 is 0 Å². The van der Waals surface area contributed by atoms with E-state index < -0.39 is 0 Å². The predicted molar refractivity (Wildman–Crippen MR) is 24.2 cm³/mol. The van der Waals surface area contributed by atoms with Crippen molar-refractivity contribution in [2.75, 3.05) is 13.3 Å². The van der Waals surface area contributed by atoms with E-state index in [-0.39, 0.29) is 19.2 Å². The van der Waals surface area contributed by atoms with Crippen LogP contribution in [0.3, 0.4) is 0 Å². The maximum atomic E-state index is 12.0. The second-order valence-electron chi connectivity index (χ2n) is 1.32. The van der Waals surface area contributed by atoms with E-state index in [1.54, 1.807) is 0 Å². The summed E-state index contributed by atoms with van der Waals surface area (Å²) in [5.41, 5.74) is 0. The first-order chi connectivity index (χ1) is 3.89. The van der Waals surface area contributed by atoms with Crippen LogP contribution in [0.25, 0.3) is 0 Å². The van der Waals surface area contributed by atoms with Gasteiger partial charge in [-0.2, -0.15) is 0 Å². The number of rotatable bonds is 0. The number of hydrogen-bond acceptors (Lipinski definition) is 3. The van der Waals surface area contributed by atoms with Crippen LogP contribution in [0, 0.1) is 0 Å². The summed E-state index contributed by atoms with van der Waals surface area (Å²) >= 11 is 0. The highest BCUT2D eigenvalue weighted by Crippen LogP contribution is 1.97. The van der Waals surface area contributed by atoms with E-state index in [1.807, 2.05) is 0 Å². The molecule has 1 aliphatic rings. The van der Waals surface area contributed by atoms with Gasteiger partial charge in [0.15, 0.2) is 6.73 Å². The Balaban J connectivity index is 2.36. The van der Waals surface area contributed by atoms with Gasteiger partial charge in [-0.05, 0) is 0 Å². The molecule has 0 aliphatic carbocycles. The molecule has 1 aliphatic heterocycles. The maximum Gasteiger partial charge on any atom is 0.151 e. The summed E-state index contributed by atoms with van der Waals surface area (Å²) in [6.07, 6.45) is 1.22. The Morgan fingerprint density at radius 3 is 3.38 bits per heavy atom. The van der Waals surface area contributed by atoms with Crippen LogP contribution in [-0.2, 0) is 9.78 Å². The minimum atomic E-state index is -0.359. The normalized spacial score (nSPS) is 20.9. The lowest BCUT2D eigenvalue weighted by molar-refractivity contribution is -0.289. The zero-order valence-electron chi connectivity index (χ0n) is 4.19. The molecular weight excluding hydrogens is 113 g/mol. The SMILES string of the molecule is FC1=CNCOOC1. The Labute approximate surface area is 46.0 Å². The maximum absolute atomic E-state index is 12.0. The average molecular weight is 119 g/mol. The summed E-state index contributed by atoms with van der Waals surface area (Å²) in [5.74, 6) is -0.359. The molecular formula is C4H6FNO2. The zero-order valence-corrected chi connectivity index (χ0v) is 4.19. The Hall–Kier alpha value is -0.610. The fraction of sp³-hybridized carbons (Fsp3) is 0.500. The van der Waals surface area contributed by atoms with Gasteiger partial charge in [0.1, 0.15) is 12.4 Å². The molecule has 0 aromatic rings. The number of halogens is 1. The van der Waals surface area contributed by atoms with Gasteiger partial charge in [0.2, 0.25) is 0 Å². The van der Waals surface area contributed by atoms with Crippen LogP contribution in [0.2, 0.25) is 0 Å². The zero-order chi connectivity index (χ0) is 5.82. The van der Waals surface area contributed by atoms with E-state index in [1.165, 1.54) is 6.20 Å². The minimum Gasteiger partial charge on any atom is -0.364 e. The molecule has 0 spiro atoms. The third-order valence-electron chi connectivity index (χ3n) is 0.681. The van der Waals surface area contributed by atoms with Crippen LogP contribution in [0.5, 0.6) is 0 Å². The van der Waals surface area contributed by atoms with Crippen LogP contribution in [0.1, 0.15) is 0 Å². The van der Waals surface area contributed by atoms with Crippen LogP contribution in [0.15, 0.2) is 12.0 Å². The molecule has 0 saturated carbocycles. The molecule has 0 fully saturated rings. The van der Waals surface area contributed by atoms with Crippen LogP contribution < -0.4 is 5.32 Å². The fourth-order valence-electron chi connectivity index (χ4n) is 0.368. The van der Waals surface area contributed by atoms with Gasteiger partial charge in [-0.3, -0.25) is 0 Å². The van der Waals surface area contributed by atoms with Crippen molar-refractivity contribution in [2.24, 2.45) is 0 Å². The monoisotopic (exact) mass is 119 g/mol. The molecule has 0 radical (unpaired) electrons. The standard InChI is InChI=1S/C4H6FNO2/c5-4-1-6-3-8-7-2-4/h1,6H,2-3H2. The second kappa shape index (κ2) is 2.64. The third kappa shape index (κ3) is 1.48. The Morgan fingerprint density at radius 2 is 2.50 bits per heavy atom. The predicted octanol–water partition coefficient (Wildman–Crippen LogP) is 0.306. The van der Waals surface area contributed by atoms with E-state index in [4.69, 9.17) is 0 Å². The lowest BCUT2D eigenvalue weighted by Gasteiger charge is -1.93. The molecule has 1 rings (SSSR count). The van der Waals surface area contributed by atoms with Crippen LogP contribution in [0.4, 0.5) is 4.39 Å². The van der Waals surface area contributed by atoms with Crippen molar-refractivity contribution in [3.8, 4) is 0 Å². The van der Waals surface area contributed by atoms with E-state index in [0.29, 0.717) is 0 Å². The summed E-state index contributed by atoms with van der Waals surface area (Å²) in [4.78, 5) is 8.66. The Kier molecular flexibility index (Phi) is 1.82. The van der Waals surface area contributed by atoms with Crippen molar-refractivity contribution in [3.05, 3.63) is 12.0 Å². The van der Waals surface area contributed by atoms with Crippen molar-refractivity contribution in [2.45, 2.75) is 0 Å². The lowest BCUT2D eigenvalue weighted by atomic mass is 10.6. The van der Waals surface area contributed by atoms with E-state index >= 15 is 0 Å². The molecule has 1 heterocycles.